The van der Waals surface area contributed by atoms with E-state index in [1.54, 1.807) is 4.68 Å². The number of anilines is 2. The van der Waals surface area contributed by atoms with E-state index >= 15 is 0 Å². The van der Waals surface area contributed by atoms with Crippen molar-refractivity contribution in [2.75, 3.05) is 11.5 Å². The van der Waals surface area contributed by atoms with E-state index in [0.717, 1.165) is 0 Å². The molecule has 0 radical (unpaired) electrons. The van der Waals surface area contributed by atoms with Crippen molar-refractivity contribution in [1.29, 1.82) is 5.26 Å². The van der Waals surface area contributed by atoms with Gasteiger partial charge in [0.25, 0.3) is 0 Å². The van der Waals surface area contributed by atoms with E-state index in [2.05, 4.69) is 5.10 Å². The van der Waals surface area contributed by atoms with Crippen molar-refractivity contribution in [2.24, 2.45) is 0 Å². The predicted molar refractivity (Wildman–Crippen MR) is 50.8 cm³/mol. The van der Waals surface area contributed by atoms with Crippen LogP contribution in [0.5, 0.6) is 0 Å². The Morgan fingerprint density at radius 2 is 1.92 bits per heavy atom. The second-order valence-corrected chi connectivity index (χ2v) is 3.84. The van der Waals surface area contributed by atoms with Crippen LogP contribution in [-0.2, 0) is 5.54 Å². The van der Waals surface area contributed by atoms with Gasteiger partial charge in [-0.25, -0.2) is 4.68 Å². The summed E-state index contributed by atoms with van der Waals surface area (Å²) in [6.07, 6.45) is 0. The lowest BCUT2D eigenvalue weighted by molar-refractivity contribution is 0.362. The summed E-state index contributed by atoms with van der Waals surface area (Å²) in [7, 11) is 0. The summed E-state index contributed by atoms with van der Waals surface area (Å²) < 4.78 is 1.56. The Morgan fingerprint density at radius 1 is 1.38 bits per heavy atom. The Balaban J connectivity index is 3.37. The average Bonchev–Trinajstić information content (AvgIpc) is 2.25. The van der Waals surface area contributed by atoms with Gasteiger partial charge in [0.1, 0.15) is 17.5 Å². The molecule has 0 aliphatic rings. The molecule has 0 saturated heterocycles. The maximum Gasteiger partial charge on any atom is 0.165 e. The number of nitrogens with zero attached hydrogens (tertiary/aromatic N) is 3. The van der Waals surface area contributed by atoms with Gasteiger partial charge < -0.3 is 11.5 Å². The van der Waals surface area contributed by atoms with Crippen LogP contribution in [0.1, 0.15) is 26.3 Å². The van der Waals surface area contributed by atoms with Gasteiger partial charge in [0.15, 0.2) is 5.82 Å². The van der Waals surface area contributed by atoms with Crippen LogP contribution >= 0.6 is 0 Å². The molecular formula is C8H13N5. The van der Waals surface area contributed by atoms with Gasteiger partial charge in [0.2, 0.25) is 0 Å². The minimum atomic E-state index is -0.257. The molecule has 0 fully saturated rings. The Hall–Kier alpha value is -1.70. The molecule has 13 heavy (non-hydrogen) atoms. The van der Waals surface area contributed by atoms with Gasteiger partial charge in [0, 0.05) is 0 Å². The highest BCUT2D eigenvalue weighted by Gasteiger charge is 2.21. The monoisotopic (exact) mass is 179 g/mol. The van der Waals surface area contributed by atoms with E-state index in [4.69, 9.17) is 16.7 Å². The maximum atomic E-state index is 8.71. The minimum Gasteiger partial charge on any atom is -0.383 e. The molecule has 0 aromatic carbocycles. The molecule has 0 bridgehead atoms. The van der Waals surface area contributed by atoms with Crippen LogP contribution in [-0.4, -0.2) is 9.78 Å². The fraction of sp³-hybridized carbons (Fsp3) is 0.500. The van der Waals surface area contributed by atoms with Crippen LogP contribution in [0, 0.1) is 11.3 Å². The van der Waals surface area contributed by atoms with Crippen LogP contribution in [0.25, 0.3) is 0 Å². The fourth-order valence-corrected chi connectivity index (χ4v) is 1.07. The van der Waals surface area contributed by atoms with E-state index < -0.39 is 0 Å². The summed E-state index contributed by atoms with van der Waals surface area (Å²) in [5, 5.41) is 12.7. The Labute approximate surface area is 76.9 Å². The summed E-state index contributed by atoms with van der Waals surface area (Å²) >= 11 is 0. The minimum absolute atomic E-state index is 0.190. The summed E-state index contributed by atoms with van der Waals surface area (Å²) in [6.45, 7) is 5.82. The van der Waals surface area contributed by atoms with E-state index in [-0.39, 0.29) is 16.9 Å². The smallest absolute Gasteiger partial charge is 0.165 e. The third-order valence-electron chi connectivity index (χ3n) is 1.70. The number of rotatable bonds is 0. The van der Waals surface area contributed by atoms with E-state index in [1.165, 1.54) is 0 Å². The second kappa shape index (κ2) is 2.66. The zero-order valence-corrected chi connectivity index (χ0v) is 8.00. The van der Waals surface area contributed by atoms with Gasteiger partial charge in [-0.3, -0.25) is 0 Å². The van der Waals surface area contributed by atoms with Crippen molar-refractivity contribution in [3.63, 3.8) is 0 Å². The highest BCUT2D eigenvalue weighted by atomic mass is 15.4. The van der Waals surface area contributed by atoms with Crippen molar-refractivity contribution in [1.82, 2.24) is 9.78 Å². The van der Waals surface area contributed by atoms with Crippen molar-refractivity contribution in [3.05, 3.63) is 5.56 Å². The fourth-order valence-electron chi connectivity index (χ4n) is 1.07. The van der Waals surface area contributed by atoms with E-state index in [0.29, 0.717) is 5.82 Å². The molecule has 1 rings (SSSR count). The number of nitrogen functional groups attached to an aromatic ring is 2. The standard InChI is InChI=1S/C8H13N5/c1-8(2,3)13-7(11)5(4-9)6(10)12-13/h11H2,1-3H3,(H2,10,12). The van der Waals surface area contributed by atoms with Crippen LogP contribution in [0.4, 0.5) is 11.6 Å². The van der Waals surface area contributed by atoms with Crippen LogP contribution < -0.4 is 11.5 Å². The second-order valence-electron chi connectivity index (χ2n) is 3.84. The molecule has 0 amide bonds. The molecule has 4 N–H and O–H groups in total. The first-order chi connectivity index (χ1) is 5.88. The lowest BCUT2D eigenvalue weighted by atomic mass is 10.1. The van der Waals surface area contributed by atoms with Gasteiger partial charge in [-0.15, -0.1) is 0 Å². The molecule has 70 valence electrons. The van der Waals surface area contributed by atoms with Gasteiger partial charge in [-0.1, -0.05) is 0 Å². The zero-order chi connectivity index (χ0) is 10.2. The molecule has 0 saturated carbocycles. The van der Waals surface area contributed by atoms with Crippen molar-refractivity contribution >= 4 is 11.6 Å². The SMILES string of the molecule is CC(C)(C)n1nc(N)c(C#N)c1N. The largest absolute Gasteiger partial charge is 0.383 e. The van der Waals surface area contributed by atoms with E-state index in [1.807, 2.05) is 26.8 Å². The van der Waals surface area contributed by atoms with Gasteiger partial charge in [0.05, 0.1) is 5.54 Å². The number of hydrogen-bond donors (Lipinski definition) is 2. The van der Waals surface area contributed by atoms with Crippen molar-refractivity contribution in [3.8, 4) is 6.07 Å². The lowest BCUT2D eigenvalue weighted by Crippen LogP contribution is -2.24. The molecule has 5 heteroatoms. The Bertz CT molecular complexity index is 363. The summed E-state index contributed by atoms with van der Waals surface area (Å²) in [6, 6.07) is 1.92. The molecule has 0 aliphatic carbocycles. The van der Waals surface area contributed by atoms with Crippen LogP contribution in [0.15, 0.2) is 0 Å². The molecule has 0 spiro atoms. The highest BCUT2D eigenvalue weighted by Crippen LogP contribution is 2.24. The topological polar surface area (TPSA) is 93.6 Å². The molecule has 1 aromatic heterocycles. The summed E-state index contributed by atoms with van der Waals surface area (Å²) in [5.41, 5.74) is 11.2. The normalized spacial score (nSPS) is 11.2. The lowest BCUT2D eigenvalue weighted by Gasteiger charge is -2.20. The highest BCUT2D eigenvalue weighted by molar-refractivity contribution is 5.61. The third-order valence-corrected chi connectivity index (χ3v) is 1.70. The first kappa shape index (κ1) is 9.39. The molecule has 1 aromatic rings. The summed E-state index contributed by atoms with van der Waals surface area (Å²) in [4.78, 5) is 0. The number of nitriles is 1. The predicted octanol–water partition coefficient (Wildman–Crippen LogP) is 0.674. The average molecular weight is 179 g/mol. The molecule has 0 atom stereocenters. The molecule has 1 heterocycles. The van der Waals surface area contributed by atoms with E-state index in [9.17, 15) is 0 Å². The number of nitrogens with two attached hydrogens (primary N) is 2. The summed E-state index contributed by atoms with van der Waals surface area (Å²) in [5.74, 6) is 0.516. The quantitative estimate of drug-likeness (QED) is 0.612. The molecular weight excluding hydrogens is 166 g/mol. The first-order valence-electron chi connectivity index (χ1n) is 3.92. The van der Waals surface area contributed by atoms with Crippen LogP contribution in [0.3, 0.4) is 0 Å². The zero-order valence-electron chi connectivity index (χ0n) is 8.00. The first-order valence-corrected chi connectivity index (χ1v) is 3.92. The van der Waals surface area contributed by atoms with Crippen molar-refractivity contribution < 1.29 is 0 Å². The maximum absolute atomic E-state index is 8.71. The van der Waals surface area contributed by atoms with Gasteiger partial charge in [-0.2, -0.15) is 10.4 Å². The third kappa shape index (κ3) is 1.43. The van der Waals surface area contributed by atoms with Gasteiger partial charge >= 0.3 is 0 Å². The molecule has 0 unspecified atom stereocenters. The molecule has 5 nitrogen and oxygen atoms in total. The van der Waals surface area contributed by atoms with Gasteiger partial charge in [-0.05, 0) is 20.8 Å². The number of hydrogen-bond acceptors (Lipinski definition) is 4. The molecule has 0 aliphatic heterocycles. The Morgan fingerprint density at radius 3 is 2.15 bits per heavy atom. The number of aromatic nitrogens is 2. The van der Waals surface area contributed by atoms with Crippen LogP contribution in [0.2, 0.25) is 0 Å². The Kier molecular flexibility index (Phi) is 1.92. The van der Waals surface area contributed by atoms with Crippen molar-refractivity contribution in [2.45, 2.75) is 26.3 Å².